The van der Waals surface area contributed by atoms with Crippen molar-refractivity contribution in [3.05, 3.63) is 33.4 Å². The van der Waals surface area contributed by atoms with Crippen molar-refractivity contribution >= 4 is 15.7 Å². The van der Waals surface area contributed by atoms with Gasteiger partial charge in [0.05, 0.1) is 31.0 Å². The number of esters is 1. The third-order valence-electron chi connectivity index (χ3n) is 10.3. The number of carbonyl (C=O) groups excluding carboxylic acids is 1. The molecule has 15 atom stereocenters. The Morgan fingerprint density at radius 2 is 1.05 bits per heavy atom. The van der Waals surface area contributed by atoms with Gasteiger partial charge in [0, 0.05) is 242 Å². The Morgan fingerprint density at radius 1 is 0.579 bits per heavy atom. The molecule has 3 heterocycles. The quantitative estimate of drug-likeness (QED) is 0.0927. The summed E-state index contributed by atoms with van der Waals surface area (Å²) in [5, 5.41) is 75.2. The molecule has 305 valence electrons. The molecule has 0 spiro atoms. The van der Waals surface area contributed by atoms with Crippen LogP contribution in [0.25, 0.3) is 0 Å². The number of aliphatic hydroxyl groups is 7. The molecule has 0 bridgehead atoms. The molecule has 0 amide bonds. The molecule has 24 heteroatoms. The summed E-state index contributed by atoms with van der Waals surface area (Å²) in [6.07, 6.45) is -20.4. The fraction of sp³-hybridized carbons (Fsp3) is 0.788. The standard InChI is InChI=1S/C33H52O16Si.7Y/c1-12-13(2)15(4)21(16(5)14(12)3)30(41)43-9-19-23(35)24(36)27(39)32(47-19)44-10-20-29(25(37)28(40)31(42-7)48-20)49-33-26(38)22(34)17(6)18(46-33)11-45-50-8;;;;;;;/h17-20,22-29,31-40H,9-11H2,1-8H3;;;;;;;. The first kappa shape index (κ1) is 69.6. The normalized spacial score (nSPS) is 34.5. The fourth-order valence-corrected chi connectivity index (χ4v) is 6.84. The van der Waals surface area contributed by atoms with Gasteiger partial charge in [-0.15, -0.1) is 0 Å². The van der Waals surface area contributed by atoms with Crippen LogP contribution in [0.1, 0.15) is 45.1 Å². The maximum Gasteiger partial charge on any atom is 0.338 e. The summed E-state index contributed by atoms with van der Waals surface area (Å²) in [4.78, 5) is 13.2. The molecule has 57 heavy (non-hydrogen) atoms. The number of hydrogen-bond acceptors (Lipinski definition) is 16. The van der Waals surface area contributed by atoms with Gasteiger partial charge in [0.2, 0.25) is 9.76 Å². The van der Waals surface area contributed by atoms with Crippen LogP contribution < -0.4 is 0 Å². The van der Waals surface area contributed by atoms with Crippen LogP contribution in [0.3, 0.4) is 0 Å². The molecule has 0 aromatic heterocycles. The molecule has 0 saturated carbocycles. The van der Waals surface area contributed by atoms with Crippen LogP contribution in [-0.2, 0) is 267 Å². The van der Waals surface area contributed by atoms with E-state index in [0.717, 1.165) is 27.8 Å². The Kier molecular flexibility index (Phi) is 40.0. The van der Waals surface area contributed by atoms with Crippen LogP contribution >= 0.6 is 0 Å². The van der Waals surface area contributed by atoms with Crippen molar-refractivity contribution in [1.29, 1.82) is 0 Å². The number of ether oxygens (including phenoxy) is 7. The first-order chi connectivity index (χ1) is 23.5. The monoisotopic (exact) mass is 1350 g/mol. The minimum atomic E-state index is -1.76. The number of hydrogen-bond donors (Lipinski definition) is 7. The van der Waals surface area contributed by atoms with Gasteiger partial charge in [-0.05, 0) is 69.0 Å². The molecule has 3 aliphatic heterocycles. The summed E-state index contributed by atoms with van der Waals surface area (Å²) >= 11 is 0. The van der Waals surface area contributed by atoms with E-state index in [2.05, 4.69) is 0 Å². The molecular weight excluding hydrogens is 1300 g/mol. The molecule has 3 fully saturated rings. The first-order valence-electron chi connectivity index (χ1n) is 16.6. The Morgan fingerprint density at radius 3 is 1.58 bits per heavy atom. The van der Waals surface area contributed by atoms with Gasteiger partial charge >= 0.3 is 5.97 Å². The van der Waals surface area contributed by atoms with Crippen molar-refractivity contribution in [2.75, 3.05) is 26.9 Å². The maximum absolute atomic E-state index is 13.2. The van der Waals surface area contributed by atoms with E-state index < -0.39 is 111 Å². The second kappa shape index (κ2) is 32.8. The van der Waals surface area contributed by atoms with E-state index in [0.29, 0.717) is 5.56 Å². The van der Waals surface area contributed by atoms with Crippen LogP contribution in [0.5, 0.6) is 0 Å². The third kappa shape index (κ3) is 17.2. The molecule has 15 unspecified atom stereocenters. The van der Waals surface area contributed by atoms with Gasteiger partial charge in [-0.25, -0.2) is 4.79 Å². The van der Waals surface area contributed by atoms with Gasteiger partial charge in [-0.2, -0.15) is 0 Å². The SMILES string of the molecule is COC1OC(COC2OC(COC(=O)c3c(C)c(C)c(C)c(C)c3C)C(O)C(O)C2O)C(OC2OC(CO[Si]C)C(C)C(O)C2O)C(O)C1O.[Y].[Y].[Y].[Y].[Y].[Y].[Y]. The minimum absolute atomic E-state index is 0. The molecule has 7 N–H and O–H groups in total. The molecule has 1 aromatic rings. The van der Waals surface area contributed by atoms with E-state index in [4.69, 9.17) is 37.6 Å². The topological polar surface area (TPSA) is 233 Å². The molecule has 9 radical (unpaired) electrons. The fourth-order valence-electron chi connectivity index (χ4n) is 6.51. The zero-order valence-electron chi connectivity index (χ0n) is 33.6. The van der Waals surface area contributed by atoms with Crippen molar-refractivity contribution < 1.29 is 307 Å². The molecule has 3 saturated heterocycles. The van der Waals surface area contributed by atoms with Gasteiger partial charge in [-0.1, -0.05) is 6.92 Å². The average molecular weight is 1360 g/mol. The second-order valence-corrected chi connectivity index (χ2v) is 13.9. The smallest absolute Gasteiger partial charge is 0.338 e. The van der Waals surface area contributed by atoms with Crippen molar-refractivity contribution in [2.45, 2.75) is 134 Å². The van der Waals surface area contributed by atoms with Gasteiger partial charge < -0.3 is 73.3 Å². The molecule has 3 aliphatic rings. The van der Waals surface area contributed by atoms with Crippen LogP contribution in [0.15, 0.2) is 0 Å². The molecular formula is C33H52O16SiY7. The Hall–Kier alpha value is 6.07. The number of methoxy groups -OCH3 is 1. The third-order valence-corrected chi connectivity index (χ3v) is 10.8. The predicted molar refractivity (Wildman–Crippen MR) is 173 cm³/mol. The second-order valence-electron chi connectivity index (χ2n) is 13.2. The van der Waals surface area contributed by atoms with E-state index in [1.54, 1.807) is 6.92 Å². The summed E-state index contributed by atoms with van der Waals surface area (Å²) < 4.78 is 45.3. The average Bonchev–Trinajstić information content (AvgIpc) is 3.10. The summed E-state index contributed by atoms with van der Waals surface area (Å²) in [7, 11) is 1.39. The number of aliphatic hydroxyl groups excluding tert-OH is 7. The van der Waals surface area contributed by atoms with E-state index in [1.165, 1.54) is 7.11 Å². The Bertz CT molecular complexity index is 1300. The largest absolute Gasteiger partial charge is 0.459 e. The van der Waals surface area contributed by atoms with E-state index in [-0.39, 0.29) is 245 Å². The summed E-state index contributed by atoms with van der Waals surface area (Å²) in [6, 6.07) is 0. The zero-order valence-corrected chi connectivity index (χ0v) is 54.5. The molecule has 16 nitrogen and oxygen atoms in total. The van der Waals surface area contributed by atoms with Crippen molar-refractivity contribution in [1.82, 2.24) is 0 Å². The first-order valence-corrected chi connectivity index (χ1v) is 18.0. The predicted octanol–water partition coefficient (Wildman–Crippen LogP) is -1.56. The van der Waals surface area contributed by atoms with E-state index in [1.807, 2.05) is 41.2 Å². The number of rotatable bonds is 12. The zero-order chi connectivity index (χ0) is 37.2. The summed E-state index contributed by atoms with van der Waals surface area (Å²) in [5.41, 5.74) is 4.85. The van der Waals surface area contributed by atoms with Gasteiger partial charge in [0.1, 0.15) is 61.5 Å². The van der Waals surface area contributed by atoms with Gasteiger partial charge in [0.25, 0.3) is 0 Å². The summed E-state index contributed by atoms with van der Waals surface area (Å²) in [5.74, 6) is -1.17. The molecule has 1 aromatic carbocycles. The molecule has 0 aliphatic carbocycles. The van der Waals surface area contributed by atoms with Crippen LogP contribution in [0.4, 0.5) is 0 Å². The van der Waals surface area contributed by atoms with Gasteiger partial charge in [-0.3, -0.25) is 0 Å². The van der Waals surface area contributed by atoms with Crippen LogP contribution in [-0.4, -0.2) is 164 Å². The van der Waals surface area contributed by atoms with Crippen LogP contribution in [0.2, 0.25) is 6.55 Å². The van der Waals surface area contributed by atoms with Crippen LogP contribution in [0, 0.1) is 40.5 Å². The van der Waals surface area contributed by atoms with E-state index in [9.17, 15) is 40.5 Å². The van der Waals surface area contributed by atoms with Gasteiger partial charge in [0.15, 0.2) is 18.9 Å². The van der Waals surface area contributed by atoms with Crippen molar-refractivity contribution in [2.24, 2.45) is 5.92 Å². The number of benzene rings is 1. The number of carbonyl (C=O) groups is 1. The maximum atomic E-state index is 13.2. The van der Waals surface area contributed by atoms with Crippen molar-refractivity contribution in [3.8, 4) is 0 Å². The van der Waals surface area contributed by atoms with E-state index >= 15 is 0 Å². The Balaban J connectivity index is -0.00000201. The van der Waals surface area contributed by atoms with Crippen molar-refractivity contribution in [3.63, 3.8) is 0 Å². The Labute approximate surface area is 513 Å². The minimum Gasteiger partial charge on any atom is -0.459 e. The summed E-state index contributed by atoms with van der Waals surface area (Å²) in [6.45, 7) is 12.0. The molecule has 4 rings (SSSR count).